The van der Waals surface area contributed by atoms with Crippen LogP contribution in [0.2, 0.25) is 0 Å². The molecule has 0 spiro atoms. The van der Waals surface area contributed by atoms with Crippen LogP contribution in [0.3, 0.4) is 0 Å². The predicted molar refractivity (Wildman–Crippen MR) is 95.3 cm³/mol. The lowest BCUT2D eigenvalue weighted by Gasteiger charge is -2.32. The first-order chi connectivity index (χ1) is 12.1. The van der Waals surface area contributed by atoms with E-state index in [2.05, 4.69) is 10.3 Å². The van der Waals surface area contributed by atoms with E-state index in [1.54, 1.807) is 17.0 Å². The van der Waals surface area contributed by atoms with Crippen LogP contribution in [0, 0.1) is 5.92 Å². The Kier molecular flexibility index (Phi) is 5.14. The highest BCUT2D eigenvalue weighted by Crippen LogP contribution is 2.19. The molecule has 7 nitrogen and oxygen atoms in total. The number of rotatable bonds is 4. The van der Waals surface area contributed by atoms with Gasteiger partial charge in [-0.05, 0) is 30.4 Å². The van der Waals surface area contributed by atoms with Crippen molar-refractivity contribution in [3.05, 3.63) is 46.2 Å². The maximum absolute atomic E-state index is 12.8. The number of piperidine rings is 1. The number of nitrogens with one attached hydrogen (secondary N) is 2. The number of H-pyrrole nitrogens is 1. The summed E-state index contributed by atoms with van der Waals surface area (Å²) < 4.78 is 0. The Balaban J connectivity index is 1.79. The van der Waals surface area contributed by atoms with Crippen LogP contribution >= 0.6 is 0 Å². The van der Waals surface area contributed by atoms with Crippen LogP contribution in [0.1, 0.15) is 23.2 Å². The Hall–Kier alpha value is -2.67. The monoisotopic (exact) mass is 342 g/mol. The van der Waals surface area contributed by atoms with E-state index in [9.17, 15) is 14.4 Å². The molecular weight excluding hydrogens is 320 g/mol. The predicted octanol–water partition coefficient (Wildman–Crippen LogP) is 0.455. The highest BCUT2D eigenvalue weighted by atomic mass is 16.2. The molecule has 3 rings (SSSR count). The summed E-state index contributed by atoms with van der Waals surface area (Å²) in [6, 6.07) is 8.95. The number of aromatic nitrogens is 1. The maximum atomic E-state index is 12.8. The number of amides is 2. The normalized spacial score (nSPS) is 17.5. The summed E-state index contributed by atoms with van der Waals surface area (Å²) >= 11 is 0. The number of hydrogen-bond donors (Lipinski definition) is 3. The number of pyridine rings is 1. The van der Waals surface area contributed by atoms with E-state index >= 15 is 0 Å². The molecule has 2 heterocycles. The molecule has 2 amide bonds. The molecule has 1 fully saturated rings. The Morgan fingerprint density at radius 2 is 2.12 bits per heavy atom. The minimum absolute atomic E-state index is 0.0876. The summed E-state index contributed by atoms with van der Waals surface area (Å²) in [4.78, 5) is 41.5. The Labute approximate surface area is 145 Å². The van der Waals surface area contributed by atoms with E-state index in [1.807, 2.05) is 18.2 Å². The summed E-state index contributed by atoms with van der Waals surface area (Å²) in [5.41, 5.74) is 5.81. The second kappa shape index (κ2) is 7.48. The highest BCUT2D eigenvalue weighted by molar-refractivity contribution is 5.97. The maximum Gasteiger partial charge on any atom is 0.261 e. The van der Waals surface area contributed by atoms with Crippen LogP contribution in [0.25, 0.3) is 10.9 Å². The molecule has 1 aromatic carbocycles. The zero-order valence-corrected chi connectivity index (χ0v) is 14.0. The van der Waals surface area contributed by atoms with Crippen LogP contribution in [-0.2, 0) is 4.79 Å². The highest BCUT2D eigenvalue weighted by Gasteiger charge is 2.29. The van der Waals surface area contributed by atoms with Crippen molar-refractivity contribution in [2.24, 2.45) is 11.7 Å². The van der Waals surface area contributed by atoms with Gasteiger partial charge < -0.3 is 20.9 Å². The lowest BCUT2D eigenvalue weighted by atomic mass is 9.96. The second-order valence-electron chi connectivity index (χ2n) is 6.27. The standard InChI is InChI=1S/C18H22N4O3/c19-7-8-20-16(23)13-5-3-9-22(11-13)18(25)14-10-12-4-1-2-6-15(12)21-17(14)24/h1-2,4,6,10,13H,3,5,7-9,11,19H2,(H,20,23)(H,21,24). The number of carbonyl (C=O) groups excluding carboxylic acids is 2. The van der Waals surface area contributed by atoms with E-state index in [-0.39, 0.29) is 23.3 Å². The van der Waals surface area contributed by atoms with E-state index in [4.69, 9.17) is 5.73 Å². The number of fused-ring (bicyclic) bond motifs is 1. The fourth-order valence-corrected chi connectivity index (χ4v) is 3.19. The van der Waals surface area contributed by atoms with Crippen LogP contribution in [0.5, 0.6) is 0 Å². The molecule has 0 bridgehead atoms. The van der Waals surface area contributed by atoms with Gasteiger partial charge in [0.1, 0.15) is 5.56 Å². The fraction of sp³-hybridized carbons (Fsp3) is 0.389. The zero-order valence-electron chi connectivity index (χ0n) is 14.0. The first-order valence-corrected chi connectivity index (χ1v) is 8.49. The number of nitrogens with two attached hydrogens (primary N) is 1. The molecule has 1 aromatic heterocycles. The molecule has 1 saturated heterocycles. The van der Waals surface area contributed by atoms with Crippen LogP contribution in [-0.4, -0.2) is 47.9 Å². The largest absolute Gasteiger partial charge is 0.355 e. The van der Waals surface area contributed by atoms with Gasteiger partial charge in [0.15, 0.2) is 0 Å². The number of hydrogen-bond acceptors (Lipinski definition) is 4. The smallest absolute Gasteiger partial charge is 0.261 e. The molecule has 1 aliphatic heterocycles. The number of likely N-dealkylation sites (tertiary alicyclic amines) is 1. The molecule has 4 N–H and O–H groups in total. The van der Waals surface area contributed by atoms with Crippen LogP contribution in [0.4, 0.5) is 0 Å². The van der Waals surface area contributed by atoms with Gasteiger partial charge in [0.25, 0.3) is 11.5 Å². The van der Waals surface area contributed by atoms with Crippen molar-refractivity contribution in [1.82, 2.24) is 15.2 Å². The number of aromatic amines is 1. The quantitative estimate of drug-likeness (QED) is 0.750. The average Bonchev–Trinajstić information content (AvgIpc) is 2.65. The molecule has 0 aliphatic carbocycles. The van der Waals surface area contributed by atoms with Gasteiger partial charge in [-0.2, -0.15) is 0 Å². The summed E-state index contributed by atoms with van der Waals surface area (Å²) in [6.45, 7) is 1.68. The minimum Gasteiger partial charge on any atom is -0.355 e. The number of nitrogens with zero attached hydrogens (tertiary/aromatic N) is 1. The lowest BCUT2D eigenvalue weighted by Crippen LogP contribution is -2.47. The van der Waals surface area contributed by atoms with Crippen molar-refractivity contribution in [1.29, 1.82) is 0 Å². The third-order valence-corrected chi connectivity index (χ3v) is 4.51. The molecule has 0 saturated carbocycles. The molecule has 2 aromatic rings. The molecule has 0 radical (unpaired) electrons. The van der Waals surface area contributed by atoms with Gasteiger partial charge in [-0.1, -0.05) is 18.2 Å². The number of para-hydroxylation sites is 1. The Bertz CT molecular complexity index is 846. The molecule has 1 atom stereocenters. The molecule has 1 unspecified atom stereocenters. The zero-order chi connectivity index (χ0) is 17.8. The van der Waals surface area contributed by atoms with Crippen molar-refractivity contribution in [3.8, 4) is 0 Å². The van der Waals surface area contributed by atoms with Crippen LogP contribution in [0.15, 0.2) is 35.1 Å². The van der Waals surface area contributed by atoms with E-state index in [0.29, 0.717) is 31.7 Å². The first kappa shape index (κ1) is 17.2. The molecule has 7 heteroatoms. The van der Waals surface area contributed by atoms with Crippen molar-refractivity contribution < 1.29 is 9.59 Å². The molecular formula is C18H22N4O3. The minimum atomic E-state index is -0.404. The van der Waals surface area contributed by atoms with Gasteiger partial charge in [0.05, 0.1) is 5.92 Å². The first-order valence-electron chi connectivity index (χ1n) is 8.49. The van der Waals surface area contributed by atoms with Gasteiger partial charge in [0.2, 0.25) is 5.91 Å². The van der Waals surface area contributed by atoms with Crippen molar-refractivity contribution in [2.75, 3.05) is 26.2 Å². The molecule has 25 heavy (non-hydrogen) atoms. The van der Waals surface area contributed by atoms with Crippen molar-refractivity contribution >= 4 is 22.7 Å². The van der Waals surface area contributed by atoms with Gasteiger partial charge in [-0.25, -0.2) is 0 Å². The third kappa shape index (κ3) is 3.71. The van der Waals surface area contributed by atoms with Crippen molar-refractivity contribution in [2.45, 2.75) is 12.8 Å². The average molecular weight is 342 g/mol. The third-order valence-electron chi connectivity index (χ3n) is 4.51. The summed E-state index contributed by atoms with van der Waals surface area (Å²) in [7, 11) is 0. The van der Waals surface area contributed by atoms with E-state index in [0.717, 1.165) is 18.2 Å². The fourth-order valence-electron chi connectivity index (χ4n) is 3.19. The number of carbonyl (C=O) groups is 2. The summed E-state index contributed by atoms with van der Waals surface area (Å²) in [5, 5.41) is 3.57. The Morgan fingerprint density at radius 3 is 2.92 bits per heavy atom. The van der Waals surface area contributed by atoms with E-state index in [1.165, 1.54) is 0 Å². The Morgan fingerprint density at radius 1 is 1.32 bits per heavy atom. The SMILES string of the molecule is NCCNC(=O)C1CCCN(C(=O)c2cc3ccccc3[nH]c2=O)C1. The second-order valence-corrected chi connectivity index (χ2v) is 6.27. The summed E-state index contributed by atoms with van der Waals surface area (Å²) in [6.07, 6.45) is 1.46. The number of benzene rings is 1. The van der Waals surface area contributed by atoms with E-state index < -0.39 is 5.56 Å². The van der Waals surface area contributed by atoms with Gasteiger partial charge in [0, 0.05) is 31.7 Å². The van der Waals surface area contributed by atoms with Gasteiger partial charge in [-0.3, -0.25) is 14.4 Å². The molecule has 132 valence electrons. The molecule has 1 aliphatic rings. The van der Waals surface area contributed by atoms with Crippen molar-refractivity contribution in [3.63, 3.8) is 0 Å². The van der Waals surface area contributed by atoms with Gasteiger partial charge >= 0.3 is 0 Å². The van der Waals surface area contributed by atoms with Crippen LogP contribution < -0.4 is 16.6 Å². The van der Waals surface area contributed by atoms with Gasteiger partial charge in [-0.15, -0.1) is 0 Å². The topological polar surface area (TPSA) is 108 Å². The summed E-state index contributed by atoms with van der Waals surface area (Å²) in [5.74, 6) is -0.678. The lowest BCUT2D eigenvalue weighted by molar-refractivity contribution is -0.126.